The molecular formula is C63H42N2O2. The number of para-hydroxylation sites is 4. The van der Waals surface area contributed by atoms with Gasteiger partial charge in [0.25, 0.3) is 0 Å². The van der Waals surface area contributed by atoms with Gasteiger partial charge in [-0.1, -0.05) is 159 Å². The molecule has 0 amide bonds. The Morgan fingerprint density at radius 1 is 0.403 bits per heavy atom. The Morgan fingerprint density at radius 2 is 1.03 bits per heavy atom. The molecule has 0 atom stereocenters. The maximum Gasteiger partial charge on any atom is 0.143 e. The summed E-state index contributed by atoms with van der Waals surface area (Å²) in [5.41, 5.74) is 19.7. The number of hydrogen-bond acceptors (Lipinski definition) is 3. The lowest BCUT2D eigenvalue weighted by molar-refractivity contribution is 0.660. The zero-order valence-corrected chi connectivity index (χ0v) is 37.0. The van der Waals surface area contributed by atoms with E-state index in [4.69, 9.17) is 8.83 Å². The molecule has 0 aliphatic heterocycles. The Kier molecular flexibility index (Phi) is 8.00. The number of fused-ring (bicyclic) bond motifs is 12. The summed E-state index contributed by atoms with van der Waals surface area (Å²) in [4.78, 5) is 2.46. The van der Waals surface area contributed by atoms with Crippen LogP contribution in [-0.4, -0.2) is 4.57 Å². The Balaban J connectivity index is 0.977. The van der Waals surface area contributed by atoms with Crippen LogP contribution < -0.4 is 4.90 Å². The predicted molar refractivity (Wildman–Crippen MR) is 278 cm³/mol. The van der Waals surface area contributed by atoms with Crippen molar-refractivity contribution in [1.29, 1.82) is 0 Å². The fourth-order valence-electron chi connectivity index (χ4n) is 11.3. The van der Waals surface area contributed by atoms with E-state index in [0.717, 1.165) is 88.9 Å². The SMILES string of the molecule is CC1(C)c2ccccc2-c2c(N(c3ccc(-c4cccc5c4oc4ccccc45)cc3)c3cccc4oc5ccc(-c6ccc7c8ccccc8n(-c8ccccc8)c7c6)cc5c34)cccc21. The van der Waals surface area contributed by atoms with Crippen LogP contribution in [0.1, 0.15) is 25.0 Å². The minimum Gasteiger partial charge on any atom is -0.456 e. The fraction of sp³-hybridized carbons (Fsp3) is 0.0476. The molecule has 0 saturated heterocycles. The number of hydrogen-bond donors (Lipinski definition) is 0. The first-order valence-electron chi connectivity index (χ1n) is 23.1. The van der Waals surface area contributed by atoms with Crippen molar-refractivity contribution in [3.63, 3.8) is 0 Å². The van der Waals surface area contributed by atoms with E-state index in [9.17, 15) is 0 Å². The predicted octanol–water partition coefficient (Wildman–Crippen LogP) is 17.7. The molecule has 4 heteroatoms. The van der Waals surface area contributed by atoms with E-state index in [1.807, 2.05) is 12.1 Å². The molecule has 0 bridgehead atoms. The number of rotatable bonds is 6. The zero-order valence-electron chi connectivity index (χ0n) is 37.0. The first kappa shape index (κ1) is 37.7. The molecule has 4 nitrogen and oxygen atoms in total. The van der Waals surface area contributed by atoms with Gasteiger partial charge in [0.15, 0.2) is 0 Å². The van der Waals surface area contributed by atoms with E-state index in [0.29, 0.717) is 0 Å². The Bertz CT molecular complexity index is 4130. The summed E-state index contributed by atoms with van der Waals surface area (Å²) in [5, 5.41) is 6.86. The largest absolute Gasteiger partial charge is 0.456 e. The molecule has 0 N–H and O–H groups in total. The van der Waals surface area contributed by atoms with Crippen molar-refractivity contribution in [2.45, 2.75) is 19.3 Å². The van der Waals surface area contributed by atoms with Crippen molar-refractivity contribution in [3.8, 4) is 39.1 Å². The van der Waals surface area contributed by atoms with Crippen molar-refractivity contribution in [1.82, 2.24) is 4.57 Å². The van der Waals surface area contributed by atoms with Crippen LogP contribution in [0.5, 0.6) is 0 Å². The minimum absolute atomic E-state index is 0.167. The molecule has 1 aliphatic rings. The third-order valence-electron chi connectivity index (χ3n) is 14.4. The minimum atomic E-state index is -0.167. The standard InChI is InChI=1S/C63H42N2O2/c1-63(2)51-22-9-6-19-49(51)60-52(63)23-13-25-54(60)65(43-33-29-39(30-34-43)44-20-12-21-48-47-18-8-11-27-57(47)67-62(44)48)55-26-14-28-59-61(55)50-37-40(32-36-58(50)66-59)41-31-35-46-45-17-7-10-24-53(45)64(56(46)38-41)42-15-4-3-5-16-42/h3-38H,1-2H3. The third kappa shape index (κ3) is 5.54. The summed E-state index contributed by atoms with van der Waals surface area (Å²) >= 11 is 0. The topological polar surface area (TPSA) is 34.5 Å². The summed E-state index contributed by atoms with van der Waals surface area (Å²) in [6, 6.07) is 78.9. The van der Waals surface area contributed by atoms with Crippen LogP contribution in [0.2, 0.25) is 0 Å². The van der Waals surface area contributed by atoms with Gasteiger partial charge in [-0.25, -0.2) is 0 Å². The molecule has 10 aromatic carbocycles. The molecule has 316 valence electrons. The van der Waals surface area contributed by atoms with E-state index < -0.39 is 0 Å². The van der Waals surface area contributed by atoms with Gasteiger partial charge < -0.3 is 18.3 Å². The van der Waals surface area contributed by atoms with Crippen molar-refractivity contribution >= 4 is 82.7 Å². The van der Waals surface area contributed by atoms with Gasteiger partial charge in [-0.05, 0) is 106 Å². The molecule has 67 heavy (non-hydrogen) atoms. The summed E-state index contributed by atoms with van der Waals surface area (Å²) in [6.07, 6.45) is 0. The van der Waals surface area contributed by atoms with Crippen LogP contribution >= 0.6 is 0 Å². The van der Waals surface area contributed by atoms with Gasteiger partial charge in [-0.2, -0.15) is 0 Å². The lowest BCUT2D eigenvalue weighted by atomic mass is 9.82. The third-order valence-corrected chi connectivity index (χ3v) is 14.4. The van der Waals surface area contributed by atoms with Gasteiger partial charge in [0, 0.05) is 54.8 Å². The van der Waals surface area contributed by atoms with Crippen LogP contribution in [0.25, 0.3) is 105 Å². The van der Waals surface area contributed by atoms with Crippen LogP contribution in [0.4, 0.5) is 17.1 Å². The van der Waals surface area contributed by atoms with Crippen molar-refractivity contribution in [2.24, 2.45) is 0 Å². The van der Waals surface area contributed by atoms with Crippen LogP contribution in [0.15, 0.2) is 227 Å². The number of anilines is 3. The Morgan fingerprint density at radius 3 is 1.93 bits per heavy atom. The highest BCUT2D eigenvalue weighted by Crippen LogP contribution is 2.55. The smallest absolute Gasteiger partial charge is 0.143 e. The second-order valence-electron chi connectivity index (χ2n) is 18.4. The molecule has 14 rings (SSSR count). The molecule has 0 saturated carbocycles. The lowest BCUT2D eigenvalue weighted by Crippen LogP contribution is -2.16. The van der Waals surface area contributed by atoms with Gasteiger partial charge in [0.05, 0.1) is 27.8 Å². The molecule has 13 aromatic rings. The van der Waals surface area contributed by atoms with E-state index in [1.54, 1.807) is 0 Å². The molecule has 1 aliphatic carbocycles. The molecule has 3 aromatic heterocycles. The Hall–Kier alpha value is -8.60. The first-order chi connectivity index (χ1) is 33.0. The van der Waals surface area contributed by atoms with E-state index >= 15 is 0 Å². The van der Waals surface area contributed by atoms with Crippen molar-refractivity contribution in [2.75, 3.05) is 4.90 Å². The molecule has 3 heterocycles. The van der Waals surface area contributed by atoms with Gasteiger partial charge in [-0.3, -0.25) is 0 Å². The molecular weight excluding hydrogens is 817 g/mol. The summed E-state index contributed by atoms with van der Waals surface area (Å²) in [5.74, 6) is 0. The molecule has 0 radical (unpaired) electrons. The normalized spacial score (nSPS) is 13.0. The number of furan rings is 2. The highest BCUT2D eigenvalue weighted by atomic mass is 16.3. The number of nitrogens with zero attached hydrogens (tertiary/aromatic N) is 2. The number of aromatic nitrogens is 1. The van der Waals surface area contributed by atoms with E-state index in [2.05, 4.69) is 230 Å². The average molecular weight is 859 g/mol. The Labute approximate surface area is 387 Å². The second-order valence-corrected chi connectivity index (χ2v) is 18.4. The highest BCUT2D eigenvalue weighted by Gasteiger charge is 2.38. The zero-order chi connectivity index (χ0) is 44.4. The molecule has 0 unspecified atom stereocenters. The summed E-state index contributed by atoms with van der Waals surface area (Å²) in [6.45, 7) is 4.70. The van der Waals surface area contributed by atoms with Crippen molar-refractivity contribution < 1.29 is 8.83 Å². The summed E-state index contributed by atoms with van der Waals surface area (Å²) < 4.78 is 15.7. The van der Waals surface area contributed by atoms with Crippen LogP contribution in [-0.2, 0) is 5.41 Å². The van der Waals surface area contributed by atoms with Gasteiger partial charge >= 0.3 is 0 Å². The molecule has 0 fully saturated rings. The lowest BCUT2D eigenvalue weighted by Gasteiger charge is -2.29. The monoisotopic (exact) mass is 858 g/mol. The van der Waals surface area contributed by atoms with E-state index in [-0.39, 0.29) is 5.41 Å². The first-order valence-corrected chi connectivity index (χ1v) is 23.1. The quantitative estimate of drug-likeness (QED) is 0.167. The van der Waals surface area contributed by atoms with E-state index in [1.165, 1.54) is 44.1 Å². The maximum absolute atomic E-state index is 6.78. The fourth-order valence-corrected chi connectivity index (χ4v) is 11.3. The second kappa shape index (κ2) is 14.2. The van der Waals surface area contributed by atoms with Gasteiger partial charge in [-0.15, -0.1) is 0 Å². The average Bonchev–Trinajstić information content (AvgIpc) is 4.11. The van der Waals surface area contributed by atoms with Crippen LogP contribution in [0.3, 0.4) is 0 Å². The number of benzene rings is 10. The molecule has 0 spiro atoms. The maximum atomic E-state index is 6.78. The highest BCUT2D eigenvalue weighted by molar-refractivity contribution is 6.16. The van der Waals surface area contributed by atoms with Crippen LogP contribution in [0, 0.1) is 0 Å². The summed E-state index contributed by atoms with van der Waals surface area (Å²) in [7, 11) is 0. The van der Waals surface area contributed by atoms with Crippen molar-refractivity contribution in [3.05, 3.63) is 230 Å². The van der Waals surface area contributed by atoms with Gasteiger partial charge in [0.2, 0.25) is 0 Å². The van der Waals surface area contributed by atoms with Gasteiger partial charge in [0.1, 0.15) is 22.3 Å².